The average molecular weight is 354 g/mol. The maximum atomic E-state index is 12.9. The Bertz CT molecular complexity index is 932. The standard InChI is InChI=1S/C18H18N4O2S/c1-11-4-5-12-10-14(20-13(12)9-11)17(24)22-7-2-3-15(22)16(23)21-18-19-6-8-25-18/h4-6,8-10,15,20H,2-3,7H2,1H3,(H,19,21,23)/t15-/m1/s1. The van der Waals surface area contributed by atoms with Gasteiger partial charge in [-0.1, -0.05) is 12.1 Å². The number of anilines is 1. The summed E-state index contributed by atoms with van der Waals surface area (Å²) in [4.78, 5) is 34.4. The van der Waals surface area contributed by atoms with Crippen molar-refractivity contribution >= 4 is 39.2 Å². The largest absolute Gasteiger partial charge is 0.351 e. The van der Waals surface area contributed by atoms with Crippen LogP contribution < -0.4 is 5.32 Å². The van der Waals surface area contributed by atoms with Crippen molar-refractivity contribution in [3.8, 4) is 0 Å². The van der Waals surface area contributed by atoms with E-state index in [0.29, 0.717) is 23.8 Å². The summed E-state index contributed by atoms with van der Waals surface area (Å²) in [6.45, 7) is 2.60. The molecule has 1 atom stereocenters. The summed E-state index contributed by atoms with van der Waals surface area (Å²) < 4.78 is 0. The lowest BCUT2D eigenvalue weighted by Crippen LogP contribution is -2.43. The smallest absolute Gasteiger partial charge is 0.270 e. The van der Waals surface area contributed by atoms with Gasteiger partial charge in [0.05, 0.1) is 0 Å². The van der Waals surface area contributed by atoms with Crippen molar-refractivity contribution in [2.24, 2.45) is 0 Å². The minimum absolute atomic E-state index is 0.134. The Hall–Kier alpha value is -2.67. The van der Waals surface area contributed by atoms with E-state index in [1.54, 1.807) is 16.5 Å². The number of benzene rings is 1. The number of fused-ring (bicyclic) bond motifs is 1. The first-order valence-corrected chi connectivity index (χ1v) is 9.10. The van der Waals surface area contributed by atoms with Gasteiger partial charge in [-0.2, -0.15) is 0 Å². The number of rotatable bonds is 3. The number of thiazole rings is 1. The zero-order valence-electron chi connectivity index (χ0n) is 13.8. The monoisotopic (exact) mass is 354 g/mol. The van der Waals surface area contributed by atoms with Crippen LogP contribution in [0.2, 0.25) is 0 Å². The Kier molecular flexibility index (Phi) is 4.01. The van der Waals surface area contributed by atoms with Gasteiger partial charge in [-0.25, -0.2) is 4.98 Å². The summed E-state index contributed by atoms with van der Waals surface area (Å²) in [7, 11) is 0. The molecule has 128 valence electrons. The molecule has 0 saturated carbocycles. The first kappa shape index (κ1) is 15.8. The van der Waals surface area contributed by atoms with Crippen molar-refractivity contribution in [1.29, 1.82) is 0 Å². The van der Waals surface area contributed by atoms with E-state index < -0.39 is 6.04 Å². The predicted molar refractivity (Wildman–Crippen MR) is 97.8 cm³/mol. The molecule has 0 bridgehead atoms. The van der Waals surface area contributed by atoms with Crippen LogP contribution in [-0.2, 0) is 4.79 Å². The van der Waals surface area contributed by atoms with Gasteiger partial charge in [0, 0.05) is 29.0 Å². The lowest BCUT2D eigenvalue weighted by Gasteiger charge is -2.23. The number of aryl methyl sites for hydroxylation is 1. The third kappa shape index (κ3) is 3.02. The van der Waals surface area contributed by atoms with Crippen molar-refractivity contribution in [3.05, 3.63) is 47.1 Å². The molecule has 2 amide bonds. The zero-order chi connectivity index (χ0) is 17.4. The SMILES string of the molecule is Cc1ccc2cc(C(=O)N3CCC[C@@H]3C(=O)Nc3nccs3)[nH]c2c1. The molecule has 1 aliphatic rings. The molecule has 4 rings (SSSR count). The van der Waals surface area contributed by atoms with Gasteiger partial charge in [-0.15, -0.1) is 11.3 Å². The molecule has 0 aliphatic carbocycles. The summed E-state index contributed by atoms with van der Waals surface area (Å²) >= 11 is 1.37. The third-order valence-electron chi connectivity index (χ3n) is 4.49. The van der Waals surface area contributed by atoms with Crippen LogP contribution in [0.25, 0.3) is 10.9 Å². The highest BCUT2D eigenvalue weighted by molar-refractivity contribution is 7.13. The molecule has 2 aromatic heterocycles. The molecule has 0 spiro atoms. The molecule has 6 nitrogen and oxygen atoms in total. The lowest BCUT2D eigenvalue weighted by atomic mass is 10.2. The topological polar surface area (TPSA) is 78.1 Å². The molecular formula is C18H18N4O2S. The van der Waals surface area contributed by atoms with Crippen LogP contribution in [0.4, 0.5) is 5.13 Å². The van der Waals surface area contributed by atoms with E-state index in [-0.39, 0.29) is 11.8 Å². The quantitative estimate of drug-likeness (QED) is 0.758. The number of nitrogens with zero attached hydrogens (tertiary/aromatic N) is 2. The lowest BCUT2D eigenvalue weighted by molar-refractivity contribution is -0.119. The van der Waals surface area contributed by atoms with E-state index in [1.807, 2.05) is 31.2 Å². The predicted octanol–water partition coefficient (Wildman–Crippen LogP) is 3.18. The van der Waals surface area contributed by atoms with E-state index in [9.17, 15) is 9.59 Å². The van der Waals surface area contributed by atoms with E-state index in [1.165, 1.54) is 11.3 Å². The number of nitrogens with one attached hydrogen (secondary N) is 2. The van der Waals surface area contributed by atoms with Crippen molar-refractivity contribution in [3.63, 3.8) is 0 Å². The number of carbonyl (C=O) groups is 2. The van der Waals surface area contributed by atoms with Crippen molar-refractivity contribution in [1.82, 2.24) is 14.9 Å². The highest BCUT2D eigenvalue weighted by Gasteiger charge is 2.35. The van der Waals surface area contributed by atoms with E-state index >= 15 is 0 Å². The second-order valence-corrected chi connectivity index (χ2v) is 7.15. The van der Waals surface area contributed by atoms with Crippen LogP contribution in [0.15, 0.2) is 35.8 Å². The summed E-state index contributed by atoms with van der Waals surface area (Å²) in [5, 5.41) is 6.16. The van der Waals surface area contributed by atoms with Gasteiger partial charge in [-0.3, -0.25) is 9.59 Å². The number of carbonyl (C=O) groups excluding carboxylic acids is 2. The molecule has 0 unspecified atom stereocenters. The number of aromatic nitrogens is 2. The summed E-state index contributed by atoms with van der Waals surface area (Å²) in [5.74, 6) is -0.307. The fraction of sp³-hybridized carbons (Fsp3) is 0.278. The molecule has 1 fully saturated rings. The summed E-state index contributed by atoms with van der Waals surface area (Å²) in [6.07, 6.45) is 3.13. The molecule has 3 aromatic rings. The van der Waals surface area contributed by atoms with Gasteiger partial charge in [0.15, 0.2) is 5.13 Å². The summed E-state index contributed by atoms with van der Waals surface area (Å²) in [6, 6.07) is 7.43. The van der Waals surface area contributed by atoms with E-state index in [0.717, 1.165) is 22.9 Å². The molecule has 25 heavy (non-hydrogen) atoms. The number of hydrogen-bond donors (Lipinski definition) is 2. The highest BCUT2D eigenvalue weighted by atomic mass is 32.1. The second kappa shape index (κ2) is 6.33. The highest BCUT2D eigenvalue weighted by Crippen LogP contribution is 2.24. The number of likely N-dealkylation sites (tertiary alicyclic amines) is 1. The molecule has 0 radical (unpaired) electrons. The zero-order valence-corrected chi connectivity index (χ0v) is 14.6. The van der Waals surface area contributed by atoms with Crippen molar-refractivity contribution < 1.29 is 9.59 Å². The van der Waals surface area contributed by atoms with E-state index in [4.69, 9.17) is 0 Å². The maximum absolute atomic E-state index is 12.9. The van der Waals surface area contributed by atoms with Crippen LogP contribution in [0, 0.1) is 6.92 Å². The average Bonchev–Trinajstić information content (AvgIpc) is 3.33. The molecular weight excluding hydrogens is 336 g/mol. The minimum atomic E-state index is -0.454. The first-order chi connectivity index (χ1) is 12.1. The van der Waals surface area contributed by atoms with Gasteiger partial charge < -0.3 is 15.2 Å². The van der Waals surface area contributed by atoms with Gasteiger partial charge in [0.25, 0.3) is 5.91 Å². The number of hydrogen-bond acceptors (Lipinski definition) is 4. The fourth-order valence-electron chi connectivity index (χ4n) is 3.27. The number of aromatic amines is 1. The third-order valence-corrected chi connectivity index (χ3v) is 5.18. The number of amides is 2. The Morgan fingerprint density at radius 3 is 3.04 bits per heavy atom. The molecule has 3 heterocycles. The molecule has 7 heteroatoms. The van der Waals surface area contributed by atoms with E-state index in [2.05, 4.69) is 15.3 Å². The Morgan fingerprint density at radius 2 is 2.24 bits per heavy atom. The van der Waals surface area contributed by atoms with Gasteiger partial charge >= 0.3 is 0 Å². The van der Waals surface area contributed by atoms with Crippen LogP contribution in [0.1, 0.15) is 28.9 Å². The van der Waals surface area contributed by atoms with Gasteiger partial charge in [0.2, 0.25) is 5.91 Å². The van der Waals surface area contributed by atoms with Gasteiger partial charge in [-0.05, 0) is 37.5 Å². The normalized spacial score (nSPS) is 17.2. The Balaban J connectivity index is 1.56. The maximum Gasteiger partial charge on any atom is 0.270 e. The Labute approximate surface area is 148 Å². The second-order valence-electron chi connectivity index (χ2n) is 6.26. The molecule has 1 aliphatic heterocycles. The number of H-pyrrole nitrogens is 1. The summed E-state index contributed by atoms with van der Waals surface area (Å²) in [5.41, 5.74) is 2.59. The Morgan fingerprint density at radius 1 is 1.36 bits per heavy atom. The van der Waals surface area contributed by atoms with Crippen molar-refractivity contribution in [2.75, 3.05) is 11.9 Å². The van der Waals surface area contributed by atoms with Crippen molar-refractivity contribution in [2.45, 2.75) is 25.8 Å². The molecule has 1 saturated heterocycles. The van der Waals surface area contributed by atoms with Crippen LogP contribution >= 0.6 is 11.3 Å². The fourth-order valence-corrected chi connectivity index (χ4v) is 3.80. The minimum Gasteiger partial charge on any atom is -0.351 e. The van der Waals surface area contributed by atoms with Crippen LogP contribution in [0.3, 0.4) is 0 Å². The first-order valence-electron chi connectivity index (χ1n) is 8.22. The molecule has 1 aromatic carbocycles. The van der Waals surface area contributed by atoms with Crippen LogP contribution in [0.5, 0.6) is 0 Å². The van der Waals surface area contributed by atoms with Crippen LogP contribution in [-0.4, -0.2) is 39.3 Å². The van der Waals surface area contributed by atoms with Gasteiger partial charge in [0.1, 0.15) is 11.7 Å². The molecule has 2 N–H and O–H groups in total.